The summed E-state index contributed by atoms with van der Waals surface area (Å²) in [7, 11) is 0. The van der Waals surface area contributed by atoms with E-state index in [2.05, 4.69) is 4.90 Å². The van der Waals surface area contributed by atoms with Crippen LogP contribution in [-0.4, -0.2) is 38.4 Å². The zero-order chi connectivity index (χ0) is 13.8. The first-order valence-electron chi connectivity index (χ1n) is 6.51. The van der Waals surface area contributed by atoms with Gasteiger partial charge in [0.25, 0.3) is 0 Å². The van der Waals surface area contributed by atoms with Crippen molar-refractivity contribution in [3.8, 4) is 0 Å². The molecule has 104 valence electrons. The van der Waals surface area contributed by atoms with Gasteiger partial charge in [-0.1, -0.05) is 0 Å². The van der Waals surface area contributed by atoms with Crippen LogP contribution in [-0.2, 0) is 9.47 Å². The Bertz CT molecular complexity index is 454. The highest BCUT2D eigenvalue weighted by molar-refractivity contribution is 5.97. The third-order valence-electron chi connectivity index (χ3n) is 2.94. The lowest BCUT2D eigenvalue weighted by molar-refractivity contribution is 0.0378. The second-order valence-electron chi connectivity index (χ2n) is 4.83. The van der Waals surface area contributed by atoms with E-state index >= 15 is 0 Å². The topological polar surface area (TPSA) is 64.8 Å². The Balaban J connectivity index is 2.29. The first-order chi connectivity index (χ1) is 9.08. The van der Waals surface area contributed by atoms with Crippen LogP contribution < -0.4 is 10.6 Å². The van der Waals surface area contributed by atoms with E-state index in [-0.39, 0.29) is 12.1 Å². The van der Waals surface area contributed by atoms with Crippen LogP contribution >= 0.6 is 0 Å². The maximum Gasteiger partial charge on any atom is 0.340 e. The molecule has 1 fully saturated rings. The molecule has 5 nitrogen and oxygen atoms in total. The van der Waals surface area contributed by atoms with Crippen LogP contribution in [0.15, 0.2) is 18.2 Å². The molecule has 1 saturated heterocycles. The summed E-state index contributed by atoms with van der Waals surface area (Å²) < 4.78 is 10.6. The van der Waals surface area contributed by atoms with Gasteiger partial charge in [-0.25, -0.2) is 4.79 Å². The number of morpholine rings is 1. The second-order valence-corrected chi connectivity index (χ2v) is 4.83. The van der Waals surface area contributed by atoms with Crippen molar-refractivity contribution < 1.29 is 14.3 Å². The van der Waals surface area contributed by atoms with Crippen molar-refractivity contribution >= 4 is 17.3 Å². The monoisotopic (exact) mass is 264 g/mol. The van der Waals surface area contributed by atoms with Crippen molar-refractivity contribution in [3.63, 3.8) is 0 Å². The number of nitrogen functional groups attached to an aromatic ring is 1. The van der Waals surface area contributed by atoms with Crippen LogP contribution in [0, 0.1) is 0 Å². The smallest absolute Gasteiger partial charge is 0.340 e. The summed E-state index contributed by atoms with van der Waals surface area (Å²) in [6.45, 7) is 6.54. The van der Waals surface area contributed by atoms with Gasteiger partial charge in [0, 0.05) is 18.8 Å². The molecule has 0 aromatic heterocycles. The summed E-state index contributed by atoms with van der Waals surface area (Å²) in [6.07, 6.45) is -0.147. The molecule has 2 N–H and O–H groups in total. The van der Waals surface area contributed by atoms with Crippen molar-refractivity contribution in [3.05, 3.63) is 23.8 Å². The van der Waals surface area contributed by atoms with Gasteiger partial charge in [0.1, 0.15) is 0 Å². The first-order valence-corrected chi connectivity index (χ1v) is 6.51. The van der Waals surface area contributed by atoms with Crippen LogP contribution in [0.4, 0.5) is 11.4 Å². The van der Waals surface area contributed by atoms with E-state index in [1.807, 2.05) is 19.9 Å². The van der Waals surface area contributed by atoms with E-state index in [0.29, 0.717) is 24.5 Å². The molecule has 1 aromatic rings. The van der Waals surface area contributed by atoms with Crippen LogP contribution in [0.3, 0.4) is 0 Å². The number of anilines is 2. The predicted molar refractivity (Wildman–Crippen MR) is 74.4 cm³/mol. The third-order valence-corrected chi connectivity index (χ3v) is 2.94. The number of benzene rings is 1. The second kappa shape index (κ2) is 5.93. The van der Waals surface area contributed by atoms with E-state index in [1.165, 1.54) is 0 Å². The summed E-state index contributed by atoms with van der Waals surface area (Å²) in [5.41, 5.74) is 7.73. The summed E-state index contributed by atoms with van der Waals surface area (Å²) in [5, 5.41) is 0. The zero-order valence-electron chi connectivity index (χ0n) is 11.4. The van der Waals surface area contributed by atoms with Crippen molar-refractivity contribution in [1.82, 2.24) is 0 Å². The van der Waals surface area contributed by atoms with Crippen LogP contribution in [0.2, 0.25) is 0 Å². The lowest BCUT2D eigenvalue weighted by atomic mass is 10.1. The number of carbonyl (C=O) groups excluding carboxylic acids is 1. The van der Waals surface area contributed by atoms with Gasteiger partial charge < -0.3 is 20.1 Å². The number of esters is 1. The molecule has 0 unspecified atom stereocenters. The third kappa shape index (κ3) is 3.38. The Morgan fingerprint density at radius 2 is 2.05 bits per heavy atom. The first kappa shape index (κ1) is 13.7. The van der Waals surface area contributed by atoms with E-state index in [9.17, 15) is 4.79 Å². The molecule has 0 saturated carbocycles. The highest BCUT2D eigenvalue weighted by atomic mass is 16.5. The lowest BCUT2D eigenvalue weighted by Gasteiger charge is -2.30. The summed E-state index contributed by atoms with van der Waals surface area (Å²) in [5.74, 6) is -0.330. The Labute approximate surface area is 113 Å². The predicted octanol–water partition coefficient (Wildman–Crippen LogP) is 1.67. The molecule has 5 heteroatoms. The van der Waals surface area contributed by atoms with Gasteiger partial charge >= 0.3 is 5.97 Å². The number of carbonyl (C=O) groups is 1. The fraction of sp³-hybridized carbons (Fsp3) is 0.500. The Morgan fingerprint density at radius 1 is 1.37 bits per heavy atom. The largest absolute Gasteiger partial charge is 0.459 e. The number of hydrogen-bond donors (Lipinski definition) is 1. The van der Waals surface area contributed by atoms with Gasteiger partial charge in [-0.05, 0) is 32.0 Å². The molecule has 1 aliphatic rings. The molecular formula is C14H20N2O3. The summed E-state index contributed by atoms with van der Waals surface area (Å²) in [4.78, 5) is 14.3. The molecule has 1 aliphatic heterocycles. The van der Waals surface area contributed by atoms with Gasteiger partial charge in [-0.15, -0.1) is 0 Å². The van der Waals surface area contributed by atoms with Crippen molar-refractivity contribution in [2.24, 2.45) is 0 Å². The number of nitrogens with two attached hydrogens (primary N) is 1. The molecule has 0 radical (unpaired) electrons. The molecule has 1 aromatic carbocycles. The minimum absolute atomic E-state index is 0.147. The van der Waals surface area contributed by atoms with Gasteiger partial charge in [0.2, 0.25) is 0 Å². The minimum atomic E-state index is -0.330. The average molecular weight is 264 g/mol. The highest BCUT2D eigenvalue weighted by Crippen LogP contribution is 2.25. The quantitative estimate of drug-likeness (QED) is 0.664. The maximum absolute atomic E-state index is 12.1. The van der Waals surface area contributed by atoms with E-state index in [4.69, 9.17) is 15.2 Å². The Morgan fingerprint density at radius 3 is 2.68 bits per heavy atom. The fourth-order valence-corrected chi connectivity index (χ4v) is 2.07. The molecule has 2 rings (SSSR count). The van der Waals surface area contributed by atoms with Crippen molar-refractivity contribution in [2.45, 2.75) is 20.0 Å². The van der Waals surface area contributed by atoms with Crippen molar-refractivity contribution in [1.29, 1.82) is 0 Å². The number of hydrogen-bond acceptors (Lipinski definition) is 5. The molecular weight excluding hydrogens is 244 g/mol. The minimum Gasteiger partial charge on any atom is -0.459 e. The summed E-state index contributed by atoms with van der Waals surface area (Å²) >= 11 is 0. The number of ether oxygens (including phenoxy) is 2. The SMILES string of the molecule is CC(C)OC(=O)c1cc(N)ccc1N1CCOCC1. The molecule has 0 spiro atoms. The van der Waals surface area contributed by atoms with Crippen LogP contribution in [0.1, 0.15) is 24.2 Å². The van der Waals surface area contributed by atoms with E-state index in [0.717, 1.165) is 18.8 Å². The molecule has 1 heterocycles. The van der Waals surface area contributed by atoms with Crippen molar-refractivity contribution in [2.75, 3.05) is 36.9 Å². The fourth-order valence-electron chi connectivity index (χ4n) is 2.07. The Kier molecular flexibility index (Phi) is 4.27. The number of nitrogens with zero attached hydrogens (tertiary/aromatic N) is 1. The van der Waals surface area contributed by atoms with Crippen LogP contribution in [0.25, 0.3) is 0 Å². The molecule has 0 amide bonds. The van der Waals surface area contributed by atoms with Gasteiger partial charge in [-0.3, -0.25) is 0 Å². The zero-order valence-corrected chi connectivity index (χ0v) is 11.4. The Hall–Kier alpha value is -1.75. The van der Waals surface area contributed by atoms with E-state index in [1.54, 1.807) is 12.1 Å². The average Bonchev–Trinajstić information content (AvgIpc) is 2.39. The maximum atomic E-state index is 12.1. The lowest BCUT2D eigenvalue weighted by Crippen LogP contribution is -2.37. The van der Waals surface area contributed by atoms with Crippen LogP contribution in [0.5, 0.6) is 0 Å². The molecule has 19 heavy (non-hydrogen) atoms. The summed E-state index contributed by atoms with van der Waals surface area (Å²) in [6, 6.07) is 5.35. The standard InChI is InChI=1S/C14H20N2O3/c1-10(2)19-14(17)12-9-11(15)3-4-13(12)16-5-7-18-8-6-16/h3-4,9-10H,5-8,15H2,1-2H3. The van der Waals surface area contributed by atoms with Gasteiger partial charge in [0.05, 0.1) is 30.6 Å². The molecule has 0 aliphatic carbocycles. The normalized spacial score (nSPS) is 15.6. The molecule has 0 atom stereocenters. The highest BCUT2D eigenvalue weighted by Gasteiger charge is 2.20. The van der Waals surface area contributed by atoms with E-state index < -0.39 is 0 Å². The van der Waals surface area contributed by atoms with Gasteiger partial charge in [-0.2, -0.15) is 0 Å². The number of rotatable bonds is 3. The van der Waals surface area contributed by atoms with Gasteiger partial charge in [0.15, 0.2) is 0 Å². The molecule has 0 bridgehead atoms.